The summed E-state index contributed by atoms with van der Waals surface area (Å²) in [5.41, 5.74) is 1.45. The molecule has 0 spiro atoms. The van der Waals surface area contributed by atoms with Gasteiger partial charge in [0.1, 0.15) is 0 Å². The van der Waals surface area contributed by atoms with E-state index in [0.29, 0.717) is 5.56 Å². The summed E-state index contributed by atoms with van der Waals surface area (Å²) in [7, 11) is 0. The van der Waals surface area contributed by atoms with Crippen molar-refractivity contribution >= 4 is 12.1 Å². The van der Waals surface area contributed by atoms with Gasteiger partial charge in [-0.2, -0.15) is 0 Å². The third kappa shape index (κ3) is 2.60. The van der Waals surface area contributed by atoms with Crippen molar-refractivity contribution in [1.82, 2.24) is 4.98 Å². The zero-order chi connectivity index (χ0) is 11.2. The lowest BCUT2D eigenvalue weighted by atomic mass is 10.2. The molecule has 0 aliphatic rings. The van der Waals surface area contributed by atoms with Crippen LogP contribution in [0.2, 0.25) is 0 Å². The molecule has 16 heavy (non-hydrogen) atoms. The number of hydrogen-bond donors (Lipinski definition) is 0. The Bertz CT molecular complexity index is 492. The first-order chi connectivity index (χ1) is 7.86. The van der Waals surface area contributed by atoms with Gasteiger partial charge in [-0.05, 0) is 29.8 Å². The number of carbonyl (C=O) groups is 1. The predicted octanol–water partition coefficient (Wildman–Crippen LogP) is 2.34. The van der Waals surface area contributed by atoms with E-state index in [-0.39, 0.29) is 5.91 Å². The van der Waals surface area contributed by atoms with Crippen LogP contribution in [0.25, 0.3) is 0 Å². The maximum atomic E-state index is 11.6. The van der Waals surface area contributed by atoms with Crippen molar-refractivity contribution in [2.24, 2.45) is 4.99 Å². The zero-order valence-electron chi connectivity index (χ0n) is 8.58. The third-order valence-electron chi connectivity index (χ3n) is 2.06. The Balaban J connectivity index is 2.12. The van der Waals surface area contributed by atoms with Gasteiger partial charge in [0.05, 0.1) is 0 Å². The van der Waals surface area contributed by atoms with Crippen LogP contribution in [-0.4, -0.2) is 17.1 Å². The van der Waals surface area contributed by atoms with Gasteiger partial charge in [-0.25, -0.2) is 4.99 Å². The van der Waals surface area contributed by atoms with Crippen molar-refractivity contribution in [3.05, 3.63) is 66.0 Å². The summed E-state index contributed by atoms with van der Waals surface area (Å²) in [5, 5.41) is 0. The second-order valence-corrected chi connectivity index (χ2v) is 3.21. The molecule has 78 valence electrons. The largest absolute Gasteiger partial charge is 0.276 e. The van der Waals surface area contributed by atoms with Gasteiger partial charge in [-0.1, -0.05) is 18.2 Å². The van der Waals surface area contributed by atoms with Crippen molar-refractivity contribution in [2.45, 2.75) is 0 Å². The fraction of sp³-hybridized carbons (Fsp3) is 0. The molecule has 0 aliphatic carbocycles. The van der Waals surface area contributed by atoms with E-state index >= 15 is 0 Å². The highest BCUT2D eigenvalue weighted by molar-refractivity contribution is 6.01. The average Bonchev–Trinajstić information content (AvgIpc) is 2.38. The summed E-state index contributed by atoms with van der Waals surface area (Å²) >= 11 is 0. The summed E-state index contributed by atoms with van der Waals surface area (Å²) in [6, 6.07) is 12.6. The van der Waals surface area contributed by atoms with E-state index in [1.54, 1.807) is 36.7 Å². The van der Waals surface area contributed by atoms with Crippen molar-refractivity contribution < 1.29 is 4.79 Å². The second kappa shape index (κ2) is 4.98. The molecule has 0 N–H and O–H groups in total. The number of amides is 1. The quantitative estimate of drug-likeness (QED) is 0.714. The van der Waals surface area contributed by atoms with Crippen LogP contribution in [0.4, 0.5) is 0 Å². The molecule has 0 fully saturated rings. The van der Waals surface area contributed by atoms with Crippen LogP contribution in [0, 0.1) is 0 Å². The molecule has 0 saturated heterocycles. The molecule has 2 rings (SSSR count). The smallest absolute Gasteiger partial charge is 0.267 e. The molecule has 1 amide bonds. The Morgan fingerprint density at radius 3 is 2.44 bits per heavy atom. The maximum Gasteiger partial charge on any atom is 0.276 e. The van der Waals surface area contributed by atoms with Crippen LogP contribution in [0.15, 0.2) is 59.9 Å². The fourth-order valence-electron chi connectivity index (χ4n) is 1.24. The summed E-state index contributed by atoms with van der Waals surface area (Å²) in [6.45, 7) is 0. The highest BCUT2D eigenvalue weighted by Crippen LogP contribution is 2.01. The van der Waals surface area contributed by atoms with E-state index < -0.39 is 0 Å². The second-order valence-electron chi connectivity index (χ2n) is 3.21. The zero-order valence-corrected chi connectivity index (χ0v) is 8.58. The Hall–Kier alpha value is -2.29. The van der Waals surface area contributed by atoms with E-state index in [4.69, 9.17) is 0 Å². The number of aliphatic imine (C=N–C) groups is 1. The minimum absolute atomic E-state index is 0.239. The Morgan fingerprint density at radius 2 is 1.75 bits per heavy atom. The molecule has 3 heteroatoms. The topological polar surface area (TPSA) is 42.3 Å². The standard InChI is InChI=1S/C13H10N2O/c16-13(12-4-2-1-3-5-12)15-10-11-6-8-14-9-7-11/h1-10H. The summed E-state index contributed by atoms with van der Waals surface area (Å²) in [4.78, 5) is 19.4. The monoisotopic (exact) mass is 210 g/mol. The van der Waals surface area contributed by atoms with Gasteiger partial charge in [0.2, 0.25) is 0 Å². The first kappa shape index (κ1) is 10.2. The lowest BCUT2D eigenvalue weighted by molar-refractivity contribution is 0.100. The van der Waals surface area contributed by atoms with Crippen LogP contribution in [0.3, 0.4) is 0 Å². The van der Waals surface area contributed by atoms with Gasteiger partial charge >= 0.3 is 0 Å². The van der Waals surface area contributed by atoms with Gasteiger partial charge in [0.25, 0.3) is 5.91 Å². The number of hydrogen-bond acceptors (Lipinski definition) is 2. The van der Waals surface area contributed by atoms with Gasteiger partial charge in [0.15, 0.2) is 0 Å². The van der Waals surface area contributed by atoms with Crippen LogP contribution < -0.4 is 0 Å². The molecule has 0 bridgehead atoms. The van der Waals surface area contributed by atoms with Crippen molar-refractivity contribution in [3.63, 3.8) is 0 Å². The summed E-state index contributed by atoms with van der Waals surface area (Å²) in [6.07, 6.45) is 4.86. The minimum Gasteiger partial charge on any atom is -0.267 e. The van der Waals surface area contributed by atoms with E-state index in [1.165, 1.54) is 6.21 Å². The van der Waals surface area contributed by atoms with Crippen molar-refractivity contribution in [1.29, 1.82) is 0 Å². The third-order valence-corrected chi connectivity index (χ3v) is 2.06. The van der Waals surface area contributed by atoms with E-state index in [1.807, 2.05) is 18.2 Å². The molecular weight excluding hydrogens is 200 g/mol. The van der Waals surface area contributed by atoms with E-state index in [2.05, 4.69) is 9.98 Å². The van der Waals surface area contributed by atoms with Gasteiger partial charge in [-0.15, -0.1) is 0 Å². The number of aromatic nitrogens is 1. The fourth-order valence-corrected chi connectivity index (χ4v) is 1.24. The van der Waals surface area contributed by atoms with E-state index in [0.717, 1.165) is 5.56 Å². The highest BCUT2D eigenvalue weighted by atomic mass is 16.1. The van der Waals surface area contributed by atoms with E-state index in [9.17, 15) is 4.79 Å². The van der Waals surface area contributed by atoms with Crippen LogP contribution in [0.1, 0.15) is 15.9 Å². The minimum atomic E-state index is -0.239. The number of rotatable bonds is 2. The lowest BCUT2D eigenvalue weighted by Crippen LogP contribution is -1.95. The first-order valence-electron chi connectivity index (χ1n) is 4.90. The van der Waals surface area contributed by atoms with Gasteiger partial charge in [0, 0.05) is 24.2 Å². The molecule has 3 nitrogen and oxygen atoms in total. The van der Waals surface area contributed by atoms with Gasteiger partial charge < -0.3 is 0 Å². The Morgan fingerprint density at radius 1 is 1.06 bits per heavy atom. The molecule has 1 aromatic heterocycles. The highest BCUT2D eigenvalue weighted by Gasteiger charge is 2.00. The molecule has 2 aromatic rings. The molecular formula is C13H10N2O. The molecule has 0 saturated carbocycles. The van der Waals surface area contributed by atoms with Crippen LogP contribution in [0.5, 0.6) is 0 Å². The molecule has 1 aromatic carbocycles. The van der Waals surface area contributed by atoms with Gasteiger partial charge in [-0.3, -0.25) is 9.78 Å². The summed E-state index contributed by atoms with van der Waals surface area (Å²) < 4.78 is 0. The lowest BCUT2D eigenvalue weighted by Gasteiger charge is -1.93. The SMILES string of the molecule is O=C(N=Cc1ccncc1)c1ccccc1. The number of pyridine rings is 1. The molecule has 0 atom stereocenters. The van der Waals surface area contributed by atoms with Crippen molar-refractivity contribution in [2.75, 3.05) is 0 Å². The normalized spacial score (nSPS) is 10.5. The maximum absolute atomic E-state index is 11.6. The number of carbonyl (C=O) groups excluding carboxylic acids is 1. The molecule has 1 heterocycles. The summed E-state index contributed by atoms with van der Waals surface area (Å²) in [5.74, 6) is -0.239. The van der Waals surface area contributed by atoms with Crippen LogP contribution >= 0.6 is 0 Å². The first-order valence-corrected chi connectivity index (χ1v) is 4.90. The molecule has 0 radical (unpaired) electrons. The molecule has 0 aliphatic heterocycles. The Labute approximate surface area is 93.5 Å². The average molecular weight is 210 g/mol. The molecule has 0 unspecified atom stereocenters. The predicted molar refractivity (Wildman–Crippen MR) is 62.6 cm³/mol. The number of nitrogens with zero attached hydrogens (tertiary/aromatic N) is 2. The van der Waals surface area contributed by atoms with Crippen molar-refractivity contribution in [3.8, 4) is 0 Å². The Kier molecular flexibility index (Phi) is 3.18. The number of benzene rings is 1. The van der Waals surface area contributed by atoms with Crippen LogP contribution in [-0.2, 0) is 0 Å².